The van der Waals surface area contributed by atoms with E-state index in [0.29, 0.717) is 18.9 Å². The van der Waals surface area contributed by atoms with E-state index >= 15 is 0 Å². The van der Waals surface area contributed by atoms with Crippen LogP contribution in [0, 0.1) is 5.92 Å². The second kappa shape index (κ2) is 7.28. The number of rotatable bonds is 4. The number of carbonyl (C=O) groups excluding carboxylic acids is 1. The van der Waals surface area contributed by atoms with Crippen molar-refractivity contribution in [2.24, 2.45) is 5.92 Å². The molecule has 2 saturated heterocycles. The van der Waals surface area contributed by atoms with Gasteiger partial charge < -0.3 is 9.64 Å². The molecule has 1 atom stereocenters. The number of carbonyl (C=O) groups is 1. The molecule has 1 unspecified atom stereocenters. The summed E-state index contributed by atoms with van der Waals surface area (Å²) >= 11 is 0. The summed E-state index contributed by atoms with van der Waals surface area (Å²) in [5.41, 5.74) is 2.26. The molecule has 3 aliphatic rings. The van der Waals surface area contributed by atoms with Crippen LogP contribution in [0.4, 0.5) is 0 Å². The molecular weight excluding hydrogens is 318 g/mol. The first-order valence-corrected chi connectivity index (χ1v) is 9.68. The molecule has 1 aliphatic carbocycles. The first-order valence-electron chi connectivity index (χ1n) is 9.68. The molecule has 6 heteroatoms. The molecule has 0 aromatic carbocycles. The van der Waals surface area contributed by atoms with Crippen LogP contribution in [0.15, 0.2) is 10.9 Å². The molecule has 136 valence electrons. The summed E-state index contributed by atoms with van der Waals surface area (Å²) in [5.74, 6) is 0.648. The molecule has 0 radical (unpaired) electrons. The standard InChI is InChI=1S/C19H27N3O3/c23-18(12-16-4-2-10-25-16)21-8-6-14(7-9-21)13-22-19(24)11-15-3-1-5-17(15)20-22/h11,14,16H,1-10,12-13H2. The number of nitrogens with zero attached hydrogens (tertiary/aromatic N) is 3. The summed E-state index contributed by atoms with van der Waals surface area (Å²) in [6, 6.07) is 1.77. The van der Waals surface area contributed by atoms with Crippen molar-refractivity contribution in [1.82, 2.24) is 14.7 Å². The topological polar surface area (TPSA) is 64.4 Å². The zero-order chi connectivity index (χ0) is 17.2. The van der Waals surface area contributed by atoms with Gasteiger partial charge in [-0.15, -0.1) is 0 Å². The van der Waals surface area contributed by atoms with Gasteiger partial charge in [0.15, 0.2) is 0 Å². The average Bonchev–Trinajstić information content (AvgIpc) is 3.27. The monoisotopic (exact) mass is 345 g/mol. The van der Waals surface area contributed by atoms with Crippen LogP contribution < -0.4 is 5.56 Å². The van der Waals surface area contributed by atoms with Crippen LogP contribution in [0.2, 0.25) is 0 Å². The second-order valence-electron chi connectivity index (χ2n) is 7.65. The Balaban J connectivity index is 1.30. The third-order valence-electron chi connectivity index (χ3n) is 5.85. The van der Waals surface area contributed by atoms with E-state index in [9.17, 15) is 9.59 Å². The number of aromatic nitrogens is 2. The van der Waals surface area contributed by atoms with Crippen molar-refractivity contribution in [2.75, 3.05) is 19.7 Å². The van der Waals surface area contributed by atoms with Gasteiger partial charge in [0.2, 0.25) is 5.91 Å². The minimum Gasteiger partial charge on any atom is -0.378 e. The van der Waals surface area contributed by atoms with E-state index in [1.807, 2.05) is 4.90 Å². The first-order chi connectivity index (χ1) is 12.2. The molecule has 0 spiro atoms. The summed E-state index contributed by atoms with van der Waals surface area (Å²) in [7, 11) is 0. The molecule has 0 saturated carbocycles. The Morgan fingerprint density at radius 3 is 2.80 bits per heavy atom. The SMILES string of the molecule is O=C(CC1CCCO1)N1CCC(Cn2nc3c(cc2=O)CCC3)CC1. The Labute approximate surface area is 148 Å². The van der Waals surface area contributed by atoms with Crippen molar-refractivity contribution >= 4 is 5.91 Å². The van der Waals surface area contributed by atoms with Crippen LogP contribution in [0.5, 0.6) is 0 Å². The van der Waals surface area contributed by atoms with Crippen LogP contribution in [0.25, 0.3) is 0 Å². The first kappa shape index (κ1) is 16.8. The molecule has 3 heterocycles. The number of hydrogen-bond donors (Lipinski definition) is 0. The lowest BCUT2D eigenvalue weighted by molar-refractivity contribution is -0.134. The molecule has 6 nitrogen and oxygen atoms in total. The zero-order valence-electron chi connectivity index (χ0n) is 14.8. The predicted octanol–water partition coefficient (Wildman–Crippen LogP) is 1.54. The molecule has 25 heavy (non-hydrogen) atoms. The van der Waals surface area contributed by atoms with Crippen molar-refractivity contribution < 1.29 is 9.53 Å². The highest BCUT2D eigenvalue weighted by Crippen LogP contribution is 2.22. The lowest BCUT2D eigenvalue weighted by atomic mass is 9.96. The summed E-state index contributed by atoms with van der Waals surface area (Å²) in [6.45, 7) is 3.05. The Morgan fingerprint density at radius 1 is 1.20 bits per heavy atom. The second-order valence-corrected chi connectivity index (χ2v) is 7.65. The molecule has 2 fully saturated rings. The molecule has 0 N–H and O–H groups in total. The van der Waals surface area contributed by atoms with Crippen molar-refractivity contribution in [1.29, 1.82) is 0 Å². The number of ether oxygens (including phenoxy) is 1. The maximum absolute atomic E-state index is 12.4. The molecule has 0 bridgehead atoms. The van der Waals surface area contributed by atoms with Gasteiger partial charge in [-0.25, -0.2) is 4.68 Å². The minimum atomic E-state index is 0.0255. The third kappa shape index (κ3) is 3.78. The van der Waals surface area contributed by atoms with Crippen LogP contribution in [0.1, 0.15) is 49.8 Å². The normalized spacial score (nSPS) is 23.8. The number of amides is 1. The molecule has 1 aromatic rings. The van der Waals surface area contributed by atoms with Crippen LogP contribution in [0.3, 0.4) is 0 Å². The minimum absolute atomic E-state index is 0.0255. The number of fused-ring (bicyclic) bond motifs is 1. The van der Waals surface area contributed by atoms with Gasteiger partial charge in [-0.3, -0.25) is 9.59 Å². The molecule has 4 rings (SSSR count). The fourth-order valence-electron chi connectivity index (χ4n) is 4.31. The highest BCUT2D eigenvalue weighted by Gasteiger charge is 2.27. The third-order valence-corrected chi connectivity index (χ3v) is 5.85. The van der Waals surface area contributed by atoms with Gasteiger partial charge in [0.1, 0.15) is 0 Å². The summed E-state index contributed by atoms with van der Waals surface area (Å²) in [6.07, 6.45) is 7.71. The van der Waals surface area contributed by atoms with Crippen LogP contribution in [-0.4, -0.2) is 46.4 Å². The van der Waals surface area contributed by atoms with Crippen molar-refractivity contribution in [3.05, 3.63) is 27.7 Å². The van der Waals surface area contributed by atoms with E-state index < -0.39 is 0 Å². The lowest BCUT2D eigenvalue weighted by Gasteiger charge is -2.32. The Hall–Kier alpha value is -1.69. The van der Waals surface area contributed by atoms with E-state index in [-0.39, 0.29) is 17.6 Å². The zero-order valence-corrected chi connectivity index (χ0v) is 14.8. The molecule has 1 amide bonds. The Morgan fingerprint density at radius 2 is 2.04 bits per heavy atom. The van der Waals surface area contributed by atoms with E-state index in [4.69, 9.17) is 4.74 Å². The lowest BCUT2D eigenvalue weighted by Crippen LogP contribution is -2.41. The number of aryl methyl sites for hydroxylation is 2. The van der Waals surface area contributed by atoms with Crippen molar-refractivity contribution in [2.45, 2.75) is 64.0 Å². The van der Waals surface area contributed by atoms with Crippen LogP contribution >= 0.6 is 0 Å². The fourth-order valence-corrected chi connectivity index (χ4v) is 4.31. The smallest absolute Gasteiger partial charge is 0.267 e. The highest BCUT2D eigenvalue weighted by atomic mass is 16.5. The van der Waals surface area contributed by atoms with Gasteiger partial charge in [0.25, 0.3) is 5.56 Å². The van der Waals surface area contributed by atoms with Gasteiger partial charge >= 0.3 is 0 Å². The molecule has 1 aromatic heterocycles. The summed E-state index contributed by atoms with van der Waals surface area (Å²) in [5, 5.41) is 4.58. The van der Waals surface area contributed by atoms with E-state index in [1.54, 1.807) is 10.7 Å². The maximum atomic E-state index is 12.4. The van der Waals surface area contributed by atoms with E-state index in [1.165, 1.54) is 0 Å². The predicted molar refractivity (Wildman–Crippen MR) is 93.4 cm³/mol. The number of piperidine rings is 1. The summed E-state index contributed by atoms with van der Waals surface area (Å²) < 4.78 is 7.22. The van der Waals surface area contributed by atoms with Gasteiger partial charge in [-0.2, -0.15) is 5.10 Å². The largest absolute Gasteiger partial charge is 0.378 e. The van der Waals surface area contributed by atoms with Gasteiger partial charge in [-0.1, -0.05) is 0 Å². The highest BCUT2D eigenvalue weighted by molar-refractivity contribution is 5.76. The number of likely N-dealkylation sites (tertiary alicyclic amines) is 1. The quantitative estimate of drug-likeness (QED) is 0.830. The molecular formula is C19H27N3O3. The van der Waals surface area contributed by atoms with E-state index in [2.05, 4.69) is 5.10 Å². The van der Waals surface area contributed by atoms with E-state index in [0.717, 1.165) is 75.9 Å². The van der Waals surface area contributed by atoms with Crippen LogP contribution in [-0.2, 0) is 28.9 Å². The Bertz CT molecular complexity index is 686. The van der Waals surface area contributed by atoms with Gasteiger partial charge in [0.05, 0.1) is 18.2 Å². The maximum Gasteiger partial charge on any atom is 0.267 e. The average molecular weight is 345 g/mol. The molecule has 2 aliphatic heterocycles. The Kier molecular flexibility index (Phi) is 4.88. The van der Waals surface area contributed by atoms with Gasteiger partial charge in [-0.05, 0) is 56.4 Å². The van der Waals surface area contributed by atoms with Crippen molar-refractivity contribution in [3.63, 3.8) is 0 Å². The fraction of sp³-hybridized carbons (Fsp3) is 0.737. The van der Waals surface area contributed by atoms with Crippen molar-refractivity contribution in [3.8, 4) is 0 Å². The van der Waals surface area contributed by atoms with Gasteiger partial charge in [0, 0.05) is 32.3 Å². The summed E-state index contributed by atoms with van der Waals surface area (Å²) in [4.78, 5) is 26.6. The number of hydrogen-bond acceptors (Lipinski definition) is 4.